The first kappa shape index (κ1) is 23.9. The fourth-order valence-corrected chi connectivity index (χ4v) is 5.90. The summed E-state index contributed by atoms with van der Waals surface area (Å²) in [6.07, 6.45) is 1.61. The van der Waals surface area contributed by atoms with Crippen LogP contribution in [0.1, 0.15) is 31.2 Å². The van der Waals surface area contributed by atoms with Crippen LogP contribution in [0, 0.1) is 0 Å². The number of carbonyl (C=O) groups is 3. The standard InChI is InChI=1S/C25H28N2O6S/c28-23(18-34(31,32)20-11-5-2-6-12-20)21-13-7-15-26(21)24(29)22-14-8-16-27(22)25(30)33-17-19-9-3-1-4-10-19/h1-6,9-12,21-22H,7-8,13-18H2/t21-,22+/m0/s1. The van der Waals surface area contributed by atoms with E-state index >= 15 is 0 Å². The Bertz CT molecular complexity index is 1140. The fourth-order valence-electron chi connectivity index (χ4n) is 4.60. The molecule has 2 atom stereocenters. The number of benzene rings is 2. The van der Waals surface area contributed by atoms with Crippen LogP contribution in [0.25, 0.3) is 0 Å². The van der Waals surface area contributed by atoms with Gasteiger partial charge in [0.2, 0.25) is 5.91 Å². The van der Waals surface area contributed by atoms with Crippen molar-refractivity contribution in [2.75, 3.05) is 18.8 Å². The first-order valence-electron chi connectivity index (χ1n) is 11.4. The normalized spacial score (nSPS) is 20.4. The van der Waals surface area contributed by atoms with Gasteiger partial charge in [-0.3, -0.25) is 14.5 Å². The van der Waals surface area contributed by atoms with Gasteiger partial charge >= 0.3 is 6.09 Å². The minimum absolute atomic E-state index is 0.0855. The molecule has 34 heavy (non-hydrogen) atoms. The number of sulfone groups is 1. The summed E-state index contributed by atoms with van der Waals surface area (Å²) in [4.78, 5) is 42.0. The van der Waals surface area contributed by atoms with E-state index in [1.807, 2.05) is 30.3 Å². The number of rotatable bonds is 7. The number of Topliss-reactive ketones (excluding diaryl/α,β-unsaturated/α-hetero) is 1. The molecular formula is C25H28N2O6S. The molecular weight excluding hydrogens is 456 g/mol. The SMILES string of the molecule is O=C(CS(=O)(=O)c1ccccc1)[C@@H]1CCCN1C(=O)[C@H]1CCCN1C(=O)OCc1ccccc1. The van der Waals surface area contributed by atoms with E-state index in [4.69, 9.17) is 4.74 Å². The maximum absolute atomic E-state index is 13.4. The molecule has 2 amide bonds. The third-order valence-corrected chi connectivity index (χ3v) is 7.97. The minimum Gasteiger partial charge on any atom is -0.445 e. The Morgan fingerprint density at radius 1 is 0.824 bits per heavy atom. The van der Waals surface area contributed by atoms with Gasteiger partial charge in [-0.05, 0) is 43.4 Å². The van der Waals surface area contributed by atoms with Crippen LogP contribution >= 0.6 is 0 Å². The topological polar surface area (TPSA) is 101 Å². The highest BCUT2D eigenvalue weighted by Gasteiger charge is 2.43. The molecule has 0 radical (unpaired) electrons. The Morgan fingerprint density at radius 2 is 1.41 bits per heavy atom. The molecule has 2 saturated heterocycles. The van der Waals surface area contributed by atoms with Crippen LogP contribution < -0.4 is 0 Å². The van der Waals surface area contributed by atoms with Crippen molar-refractivity contribution in [1.29, 1.82) is 0 Å². The average Bonchev–Trinajstić information content (AvgIpc) is 3.53. The van der Waals surface area contributed by atoms with Crippen molar-refractivity contribution < 1.29 is 27.5 Å². The molecule has 0 saturated carbocycles. The van der Waals surface area contributed by atoms with Gasteiger partial charge in [0, 0.05) is 13.1 Å². The molecule has 0 bridgehead atoms. The first-order chi connectivity index (χ1) is 16.4. The molecule has 9 heteroatoms. The average molecular weight is 485 g/mol. The van der Waals surface area contributed by atoms with E-state index in [-0.39, 0.29) is 17.4 Å². The molecule has 0 aromatic heterocycles. The summed E-state index contributed by atoms with van der Waals surface area (Å²) in [7, 11) is -3.80. The predicted octanol–water partition coefficient (Wildman–Crippen LogP) is 2.82. The van der Waals surface area contributed by atoms with Crippen molar-refractivity contribution in [3.05, 3.63) is 66.2 Å². The molecule has 2 aliphatic rings. The maximum atomic E-state index is 13.4. The Kier molecular flexibility index (Phi) is 7.31. The number of hydrogen-bond acceptors (Lipinski definition) is 6. The lowest BCUT2D eigenvalue weighted by molar-refractivity contribution is -0.140. The monoisotopic (exact) mass is 484 g/mol. The quantitative estimate of drug-likeness (QED) is 0.599. The molecule has 0 aliphatic carbocycles. The van der Waals surface area contributed by atoms with Crippen molar-refractivity contribution in [3.63, 3.8) is 0 Å². The third kappa shape index (κ3) is 5.30. The zero-order chi connectivity index (χ0) is 24.1. The summed E-state index contributed by atoms with van der Waals surface area (Å²) < 4.78 is 30.8. The summed E-state index contributed by atoms with van der Waals surface area (Å²) in [6.45, 7) is 0.877. The molecule has 0 unspecified atom stereocenters. The molecule has 2 aromatic rings. The van der Waals surface area contributed by atoms with Crippen LogP contribution in [0.4, 0.5) is 4.79 Å². The van der Waals surface area contributed by atoms with Crippen LogP contribution in [0.3, 0.4) is 0 Å². The fraction of sp³-hybridized carbons (Fsp3) is 0.400. The molecule has 0 spiro atoms. The smallest absolute Gasteiger partial charge is 0.410 e. The van der Waals surface area contributed by atoms with E-state index in [0.29, 0.717) is 38.8 Å². The van der Waals surface area contributed by atoms with E-state index in [9.17, 15) is 22.8 Å². The van der Waals surface area contributed by atoms with Crippen molar-refractivity contribution in [2.24, 2.45) is 0 Å². The Hall–Kier alpha value is -3.20. The van der Waals surface area contributed by atoms with Crippen LogP contribution in [-0.2, 0) is 30.8 Å². The highest BCUT2D eigenvalue weighted by atomic mass is 32.2. The zero-order valence-electron chi connectivity index (χ0n) is 18.8. The van der Waals surface area contributed by atoms with Gasteiger partial charge < -0.3 is 9.64 Å². The minimum atomic E-state index is -3.80. The zero-order valence-corrected chi connectivity index (χ0v) is 19.7. The number of nitrogens with zero attached hydrogens (tertiary/aromatic N) is 2. The number of ketones is 1. The molecule has 8 nitrogen and oxygen atoms in total. The summed E-state index contributed by atoms with van der Waals surface area (Å²) >= 11 is 0. The summed E-state index contributed by atoms with van der Waals surface area (Å²) in [5.74, 6) is -1.47. The van der Waals surface area contributed by atoms with Crippen molar-refractivity contribution in [3.8, 4) is 0 Å². The largest absolute Gasteiger partial charge is 0.445 e. The number of ether oxygens (including phenoxy) is 1. The summed E-state index contributed by atoms with van der Waals surface area (Å²) in [5, 5.41) is 0. The van der Waals surface area contributed by atoms with Crippen molar-refractivity contribution >= 4 is 27.6 Å². The van der Waals surface area contributed by atoms with E-state index in [0.717, 1.165) is 5.56 Å². The van der Waals surface area contributed by atoms with Gasteiger partial charge in [0.25, 0.3) is 0 Å². The lowest BCUT2D eigenvalue weighted by atomic mass is 10.1. The van der Waals surface area contributed by atoms with E-state index in [1.54, 1.807) is 18.2 Å². The molecule has 2 fully saturated rings. The number of carbonyl (C=O) groups excluding carboxylic acids is 3. The Balaban J connectivity index is 1.40. The predicted molar refractivity (Wildman–Crippen MR) is 125 cm³/mol. The number of amides is 2. The van der Waals surface area contributed by atoms with Crippen LogP contribution in [0.2, 0.25) is 0 Å². The molecule has 180 valence electrons. The second-order valence-corrected chi connectivity index (χ2v) is 10.6. The molecule has 2 aliphatic heterocycles. The molecule has 0 N–H and O–H groups in total. The molecule has 2 heterocycles. The van der Waals surface area contributed by atoms with E-state index in [1.165, 1.54) is 21.9 Å². The van der Waals surface area contributed by atoms with Gasteiger partial charge in [-0.25, -0.2) is 13.2 Å². The lowest BCUT2D eigenvalue weighted by Gasteiger charge is -2.30. The highest BCUT2D eigenvalue weighted by molar-refractivity contribution is 7.92. The van der Waals surface area contributed by atoms with Crippen LogP contribution in [0.5, 0.6) is 0 Å². The van der Waals surface area contributed by atoms with Crippen molar-refractivity contribution in [2.45, 2.75) is 49.3 Å². The highest BCUT2D eigenvalue weighted by Crippen LogP contribution is 2.26. The lowest BCUT2D eigenvalue weighted by Crippen LogP contribution is -2.51. The summed E-state index contributed by atoms with van der Waals surface area (Å²) in [5.41, 5.74) is 0.850. The number of likely N-dealkylation sites (tertiary alicyclic amines) is 2. The second-order valence-electron chi connectivity index (χ2n) is 8.62. The first-order valence-corrected chi connectivity index (χ1v) is 13.1. The van der Waals surface area contributed by atoms with Gasteiger partial charge in [0.05, 0.1) is 10.9 Å². The summed E-state index contributed by atoms with van der Waals surface area (Å²) in [6, 6.07) is 15.6. The molecule has 4 rings (SSSR count). The van der Waals surface area contributed by atoms with E-state index in [2.05, 4.69) is 0 Å². The van der Waals surface area contributed by atoms with Gasteiger partial charge in [0.15, 0.2) is 15.6 Å². The Labute approximate surface area is 199 Å². The second kappa shape index (κ2) is 10.4. The van der Waals surface area contributed by atoms with Crippen molar-refractivity contribution in [1.82, 2.24) is 9.80 Å². The van der Waals surface area contributed by atoms with E-state index < -0.39 is 39.6 Å². The Morgan fingerprint density at radius 3 is 2.09 bits per heavy atom. The van der Waals surface area contributed by atoms with Crippen LogP contribution in [0.15, 0.2) is 65.6 Å². The maximum Gasteiger partial charge on any atom is 0.410 e. The molecule has 2 aromatic carbocycles. The van der Waals surface area contributed by atoms with Crippen LogP contribution in [-0.4, -0.2) is 66.9 Å². The third-order valence-electron chi connectivity index (χ3n) is 6.32. The van der Waals surface area contributed by atoms with Gasteiger partial charge in [-0.15, -0.1) is 0 Å². The van der Waals surface area contributed by atoms with Gasteiger partial charge in [0.1, 0.15) is 18.4 Å². The van der Waals surface area contributed by atoms with Gasteiger partial charge in [-0.1, -0.05) is 48.5 Å². The number of hydrogen-bond donors (Lipinski definition) is 0. The van der Waals surface area contributed by atoms with Gasteiger partial charge in [-0.2, -0.15) is 0 Å².